The van der Waals surface area contributed by atoms with Crippen LogP contribution >= 0.6 is 0 Å². The Kier molecular flexibility index (Phi) is 3.03. The summed E-state index contributed by atoms with van der Waals surface area (Å²) in [6.07, 6.45) is 0. The first-order valence-electron chi connectivity index (χ1n) is 1.34. The van der Waals surface area contributed by atoms with E-state index in [1.165, 1.54) is 0 Å². The molecule has 1 nitrogen and oxygen atoms in total. The number of hydrogen-bond donors (Lipinski definition) is 0. The largest absolute Gasteiger partial charge is 0.344 e. The van der Waals surface area contributed by atoms with Gasteiger partial charge in [0.1, 0.15) is 0 Å². The molecule has 24 valence electrons. The second-order valence-corrected chi connectivity index (χ2v) is 0.987. The van der Waals surface area contributed by atoms with Gasteiger partial charge in [0.2, 0.25) is 0 Å². The minimum Gasteiger partial charge on any atom is -0.344 e. The average molecular weight is 73.2 g/mol. The molecule has 0 radical (unpaired) electrons. The van der Waals surface area contributed by atoms with E-state index in [1.807, 2.05) is 6.92 Å². The van der Waals surface area contributed by atoms with E-state index in [2.05, 4.69) is 4.63 Å². The van der Waals surface area contributed by atoms with Crippen LogP contribution in [0.15, 0.2) is 4.63 Å². The fourth-order valence-corrected chi connectivity index (χ4v) is 0. The molecule has 0 fully saturated rings. The summed E-state index contributed by atoms with van der Waals surface area (Å²) in [5, 5.41) is 0. The van der Waals surface area contributed by atoms with Crippen LogP contribution in [0.5, 0.6) is 0 Å². The van der Waals surface area contributed by atoms with E-state index >= 15 is 0 Å². The van der Waals surface area contributed by atoms with Crippen molar-refractivity contribution in [3.8, 4) is 0 Å². The van der Waals surface area contributed by atoms with Gasteiger partial charge in [-0.05, 0) is 6.92 Å². The molecule has 0 unspecified atom stereocenters. The molecule has 0 saturated heterocycles. The highest BCUT2D eigenvalue weighted by Crippen LogP contribution is 1.50. The van der Waals surface area contributed by atoms with Gasteiger partial charge in [0.25, 0.3) is 0 Å². The van der Waals surface area contributed by atoms with Crippen molar-refractivity contribution in [2.75, 3.05) is 6.54 Å². The lowest BCUT2D eigenvalue weighted by Crippen LogP contribution is -1.55. The van der Waals surface area contributed by atoms with Crippen molar-refractivity contribution in [2.24, 2.45) is 4.63 Å². The Morgan fingerprint density at radius 3 is 2.25 bits per heavy atom. The summed E-state index contributed by atoms with van der Waals surface area (Å²) in [4.78, 5) is 0. The molecule has 0 atom stereocenters. The summed E-state index contributed by atoms with van der Waals surface area (Å²) in [5.41, 5.74) is 0. The molecular formula is C2H7NSi. The van der Waals surface area contributed by atoms with Crippen LogP contribution in [0.2, 0.25) is 0 Å². The van der Waals surface area contributed by atoms with Crippen LogP contribution in [0.4, 0.5) is 0 Å². The lowest BCUT2D eigenvalue weighted by molar-refractivity contribution is 1.15. The van der Waals surface area contributed by atoms with Crippen LogP contribution in [-0.2, 0) is 0 Å². The Hall–Kier alpha value is 0.0169. The Balaban J connectivity index is 2.30. The molecule has 0 N–H and O–H groups in total. The van der Waals surface area contributed by atoms with Gasteiger partial charge in [-0.1, -0.05) is 0 Å². The molecule has 0 heterocycles. The lowest BCUT2D eigenvalue weighted by Gasteiger charge is -1.62. The molecule has 0 rings (SSSR count). The second-order valence-electron chi connectivity index (χ2n) is 0.540. The molecule has 0 aromatic rings. The first kappa shape index (κ1) is 4.02. The van der Waals surface area contributed by atoms with Gasteiger partial charge in [0.05, 0.1) is 10.0 Å². The maximum Gasteiger partial charge on any atom is 0.0887 e. The van der Waals surface area contributed by atoms with Crippen LogP contribution in [0, 0.1) is 0 Å². The minimum atomic E-state index is 0.957. The minimum absolute atomic E-state index is 0.957. The monoisotopic (exact) mass is 73.0 g/mol. The molecule has 0 saturated carbocycles. The zero-order valence-electron chi connectivity index (χ0n) is 2.86. The molecule has 2 heteroatoms. The summed E-state index contributed by atoms with van der Waals surface area (Å²) in [6, 6.07) is 0. The van der Waals surface area contributed by atoms with Crippen molar-refractivity contribution >= 4 is 10.0 Å². The molecule has 0 aromatic heterocycles. The number of hydrogen-bond acceptors (Lipinski definition) is 1. The zero-order valence-corrected chi connectivity index (χ0v) is 4.28. The van der Waals surface area contributed by atoms with Crippen molar-refractivity contribution < 1.29 is 0 Å². The summed E-state index contributed by atoms with van der Waals surface area (Å²) in [7, 11) is 1.65. The first-order chi connectivity index (χ1) is 1.91. The Morgan fingerprint density at radius 2 is 2.25 bits per heavy atom. The van der Waals surface area contributed by atoms with Crippen molar-refractivity contribution in [3.05, 3.63) is 0 Å². The Labute approximate surface area is 29.2 Å². The highest BCUT2D eigenvalue weighted by molar-refractivity contribution is 5.91. The number of rotatable bonds is 1. The number of nitrogens with zero attached hydrogens (tertiary/aromatic N) is 1. The second kappa shape index (κ2) is 3.02. The molecule has 0 spiro atoms. The highest BCUT2D eigenvalue weighted by atomic mass is 28.1. The summed E-state index contributed by atoms with van der Waals surface area (Å²) in [5.74, 6) is 0. The molecule has 0 aliphatic heterocycles. The first-order valence-corrected chi connectivity index (χ1v) is 1.97. The van der Waals surface area contributed by atoms with Gasteiger partial charge in [0, 0.05) is 6.54 Å². The zero-order chi connectivity index (χ0) is 3.41. The third-order valence-corrected chi connectivity index (χ3v) is 0.671. The Bertz CT molecular complexity index is 20.0. The maximum absolute atomic E-state index is 3.76. The Morgan fingerprint density at radius 1 is 2.00 bits per heavy atom. The van der Waals surface area contributed by atoms with Crippen molar-refractivity contribution in [2.45, 2.75) is 6.92 Å². The van der Waals surface area contributed by atoms with Crippen LogP contribution in [0.25, 0.3) is 0 Å². The molecule has 0 bridgehead atoms. The highest BCUT2D eigenvalue weighted by Gasteiger charge is 1.42. The molecule has 0 amide bonds. The third-order valence-electron chi connectivity index (χ3n) is 0.224. The molecular weight excluding hydrogens is 66.1 g/mol. The fraction of sp³-hybridized carbons (Fsp3) is 1.00. The predicted molar refractivity (Wildman–Crippen MR) is 21.5 cm³/mol. The van der Waals surface area contributed by atoms with E-state index in [4.69, 9.17) is 0 Å². The van der Waals surface area contributed by atoms with Gasteiger partial charge >= 0.3 is 0 Å². The molecule has 0 aliphatic carbocycles. The van der Waals surface area contributed by atoms with Gasteiger partial charge in [-0.2, -0.15) is 0 Å². The topological polar surface area (TPSA) is 12.4 Å². The third kappa shape index (κ3) is 2.02. The summed E-state index contributed by atoms with van der Waals surface area (Å²) in [6.45, 7) is 2.98. The van der Waals surface area contributed by atoms with Gasteiger partial charge in [-0.25, -0.2) is 0 Å². The predicted octanol–water partition coefficient (Wildman–Crippen LogP) is -0.177. The van der Waals surface area contributed by atoms with Crippen LogP contribution in [0.3, 0.4) is 0 Å². The van der Waals surface area contributed by atoms with Crippen molar-refractivity contribution in [3.63, 3.8) is 0 Å². The normalized spacial score (nSPS) is 6.25. The van der Waals surface area contributed by atoms with E-state index in [-0.39, 0.29) is 0 Å². The van der Waals surface area contributed by atoms with E-state index in [0.717, 1.165) is 6.54 Å². The van der Waals surface area contributed by atoms with E-state index in [1.54, 1.807) is 10.0 Å². The lowest BCUT2D eigenvalue weighted by atomic mass is 10.8. The van der Waals surface area contributed by atoms with Crippen molar-refractivity contribution in [1.82, 2.24) is 0 Å². The fourth-order valence-electron chi connectivity index (χ4n) is 0. The van der Waals surface area contributed by atoms with Gasteiger partial charge in [-0.3, -0.25) is 0 Å². The smallest absolute Gasteiger partial charge is 0.0887 e. The van der Waals surface area contributed by atoms with Gasteiger partial charge in [0.15, 0.2) is 0 Å². The standard InChI is InChI=1S/C2H7NSi/c1-2-3-4/h2,4H2,1H3. The van der Waals surface area contributed by atoms with E-state index in [9.17, 15) is 0 Å². The molecule has 4 heavy (non-hydrogen) atoms. The van der Waals surface area contributed by atoms with E-state index in [0.29, 0.717) is 0 Å². The van der Waals surface area contributed by atoms with Gasteiger partial charge in [-0.15, -0.1) is 0 Å². The SMILES string of the molecule is CCN=[SiH2]. The van der Waals surface area contributed by atoms with E-state index < -0.39 is 0 Å². The quantitative estimate of drug-likeness (QED) is 0.382. The van der Waals surface area contributed by atoms with Crippen molar-refractivity contribution in [1.29, 1.82) is 0 Å². The summed E-state index contributed by atoms with van der Waals surface area (Å²) < 4.78 is 3.76. The van der Waals surface area contributed by atoms with Crippen LogP contribution in [0.1, 0.15) is 6.92 Å². The maximum atomic E-state index is 3.76. The van der Waals surface area contributed by atoms with Crippen LogP contribution in [-0.4, -0.2) is 16.6 Å². The molecule has 0 aromatic carbocycles. The van der Waals surface area contributed by atoms with Gasteiger partial charge < -0.3 is 4.63 Å². The molecule has 0 aliphatic rings. The summed E-state index contributed by atoms with van der Waals surface area (Å²) >= 11 is 0. The average Bonchev–Trinajstić information content (AvgIpc) is 1.37. The van der Waals surface area contributed by atoms with Crippen LogP contribution < -0.4 is 0 Å².